The van der Waals surface area contributed by atoms with Gasteiger partial charge >= 0.3 is 0 Å². The second-order valence-corrected chi connectivity index (χ2v) is 7.64. The maximum atomic E-state index is 13.0. The molecule has 3 heterocycles. The van der Waals surface area contributed by atoms with Gasteiger partial charge in [0.2, 0.25) is 0 Å². The summed E-state index contributed by atoms with van der Waals surface area (Å²) in [6.45, 7) is 2.40. The molecule has 0 bridgehead atoms. The number of aromatic nitrogens is 2. The number of fused-ring (bicyclic) bond motifs is 1. The van der Waals surface area contributed by atoms with Gasteiger partial charge in [0.25, 0.3) is 5.91 Å². The molecule has 1 saturated heterocycles. The molecule has 0 saturated carbocycles. The van der Waals surface area contributed by atoms with Crippen molar-refractivity contribution in [2.75, 3.05) is 45.8 Å². The van der Waals surface area contributed by atoms with Crippen LogP contribution in [0.15, 0.2) is 24.3 Å². The zero-order valence-electron chi connectivity index (χ0n) is 17.1. The first-order valence-corrected chi connectivity index (χ1v) is 9.95. The average molecular weight is 397 g/mol. The molecule has 1 N–H and O–H groups in total. The summed E-state index contributed by atoms with van der Waals surface area (Å²) >= 11 is 0. The molecule has 2 aliphatic heterocycles. The van der Waals surface area contributed by atoms with E-state index in [1.165, 1.54) is 0 Å². The number of carbonyl (C=O) groups is 1. The monoisotopic (exact) mass is 397 g/mol. The molecule has 0 radical (unpaired) electrons. The van der Waals surface area contributed by atoms with Gasteiger partial charge in [-0.1, -0.05) is 0 Å². The van der Waals surface area contributed by atoms with Crippen LogP contribution < -0.4 is 19.7 Å². The number of hydrogen-bond donors (Lipinski definition) is 1. The van der Waals surface area contributed by atoms with Crippen LogP contribution in [0.5, 0.6) is 11.5 Å². The van der Waals surface area contributed by atoms with Gasteiger partial charge < -0.3 is 24.6 Å². The Balaban J connectivity index is 1.54. The normalized spacial score (nSPS) is 17.8. The summed E-state index contributed by atoms with van der Waals surface area (Å²) in [5.74, 6) is 2.84. The lowest BCUT2D eigenvalue weighted by atomic mass is 10.1. The minimum atomic E-state index is -0.0902. The van der Waals surface area contributed by atoms with Gasteiger partial charge in [-0.05, 0) is 37.6 Å². The summed E-state index contributed by atoms with van der Waals surface area (Å²) in [7, 11) is 5.70. The van der Waals surface area contributed by atoms with Crippen molar-refractivity contribution in [2.24, 2.45) is 0 Å². The Morgan fingerprint density at radius 2 is 1.93 bits per heavy atom. The molecule has 1 amide bonds. The van der Waals surface area contributed by atoms with Crippen molar-refractivity contribution in [1.29, 1.82) is 0 Å². The number of ether oxygens (including phenoxy) is 2. The van der Waals surface area contributed by atoms with Gasteiger partial charge in [-0.15, -0.1) is 0 Å². The van der Waals surface area contributed by atoms with Crippen LogP contribution in [0.1, 0.15) is 40.8 Å². The summed E-state index contributed by atoms with van der Waals surface area (Å²) in [6, 6.07) is 7.41. The number of benzene rings is 1. The van der Waals surface area contributed by atoms with Crippen LogP contribution in [0.3, 0.4) is 0 Å². The Kier molecular flexibility index (Phi) is 5.53. The van der Waals surface area contributed by atoms with Crippen LogP contribution >= 0.6 is 0 Å². The maximum Gasteiger partial charge on any atom is 0.254 e. The Hall–Kier alpha value is -2.87. The van der Waals surface area contributed by atoms with Crippen molar-refractivity contribution < 1.29 is 14.3 Å². The fourth-order valence-electron chi connectivity index (χ4n) is 3.59. The molecule has 8 heteroatoms. The first kappa shape index (κ1) is 19.4. The topological polar surface area (TPSA) is 79.8 Å². The Bertz CT molecular complexity index is 896. The Morgan fingerprint density at radius 1 is 1.14 bits per heavy atom. The molecular formula is C21H27N5O3. The van der Waals surface area contributed by atoms with Gasteiger partial charge in [0, 0.05) is 32.8 Å². The van der Waals surface area contributed by atoms with Crippen LogP contribution in [-0.4, -0.2) is 61.7 Å². The first-order chi connectivity index (χ1) is 14.0. The van der Waals surface area contributed by atoms with Gasteiger partial charge in [-0.3, -0.25) is 4.79 Å². The molecule has 1 aromatic heterocycles. The minimum Gasteiger partial charge on any atom is -0.486 e. The molecule has 4 rings (SSSR count). The third kappa shape index (κ3) is 4.27. The van der Waals surface area contributed by atoms with Crippen molar-refractivity contribution in [3.8, 4) is 11.5 Å². The molecule has 0 spiro atoms. The fraction of sp³-hybridized carbons (Fsp3) is 0.476. The van der Waals surface area contributed by atoms with Crippen LogP contribution in [-0.2, 0) is 6.54 Å². The molecule has 154 valence electrons. The van der Waals surface area contributed by atoms with Crippen molar-refractivity contribution in [3.63, 3.8) is 0 Å². The number of carbonyl (C=O) groups excluding carboxylic acids is 1. The number of hydrogen-bond acceptors (Lipinski definition) is 7. The smallest absolute Gasteiger partial charge is 0.254 e. The molecule has 0 aliphatic carbocycles. The second kappa shape index (κ2) is 8.24. The fourth-order valence-corrected chi connectivity index (χ4v) is 3.59. The van der Waals surface area contributed by atoms with Gasteiger partial charge in [-0.25, -0.2) is 9.97 Å². The van der Waals surface area contributed by atoms with E-state index in [1.807, 2.05) is 25.1 Å². The first-order valence-electron chi connectivity index (χ1n) is 9.95. The van der Waals surface area contributed by atoms with E-state index in [2.05, 4.69) is 5.32 Å². The van der Waals surface area contributed by atoms with E-state index >= 15 is 0 Å². The van der Waals surface area contributed by atoms with Gasteiger partial charge in [0.05, 0.1) is 18.3 Å². The molecule has 2 aliphatic rings. The van der Waals surface area contributed by atoms with Crippen molar-refractivity contribution in [3.05, 3.63) is 41.3 Å². The predicted octanol–water partition coefficient (Wildman–Crippen LogP) is 2.01. The second-order valence-electron chi connectivity index (χ2n) is 7.64. The molecule has 0 unspecified atom stereocenters. The van der Waals surface area contributed by atoms with Gasteiger partial charge in [-0.2, -0.15) is 0 Å². The number of amides is 1. The van der Waals surface area contributed by atoms with Crippen molar-refractivity contribution >= 4 is 11.7 Å². The van der Waals surface area contributed by atoms with E-state index in [-0.39, 0.29) is 11.9 Å². The molecule has 1 aromatic carbocycles. The lowest BCUT2D eigenvalue weighted by molar-refractivity contribution is 0.0782. The Labute approximate surface area is 170 Å². The van der Waals surface area contributed by atoms with Crippen LogP contribution in [0.25, 0.3) is 0 Å². The minimum absolute atomic E-state index is 0.0902. The molecular weight excluding hydrogens is 370 g/mol. The third-order valence-corrected chi connectivity index (χ3v) is 5.15. The number of nitrogens with one attached hydrogen (secondary N) is 1. The van der Waals surface area contributed by atoms with E-state index < -0.39 is 0 Å². The SMILES string of the molecule is CN(Cc1cc(N(C)C)nc([C@@H]2CCCN2)n1)C(=O)c1ccc2c(c1)OCCO2. The third-order valence-electron chi connectivity index (χ3n) is 5.15. The highest BCUT2D eigenvalue weighted by Gasteiger charge is 2.22. The van der Waals surface area contributed by atoms with E-state index in [0.29, 0.717) is 36.8 Å². The van der Waals surface area contributed by atoms with Gasteiger partial charge in [0.15, 0.2) is 11.5 Å². The van der Waals surface area contributed by atoms with Gasteiger partial charge in [0.1, 0.15) is 24.9 Å². The highest BCUT2D eigenvalue weighted by atomic mass is 16.6. The number of nitrogens with zero attached hydrogens (tertiary/aromatic N) is 4. The van der Waals surface area contributed by atoms with Crippen LogP contribution in [0, 0.1) is 0 Å². The van der Waals surface area contributed by atoms with Crippen molar-refractivity contribution in [2.45, 2.75) is 25.4 Å². The average Bonchev–Trinajstić information content (AvgIpc) is 3.27. The molecule has 29 heavy (non-hydrogen) atoms. The maximum absolute atomic E-state index is 13.0. The summed E-state index contributed by atoms with van der Waals surface area (Å²) in [4.78, 5) is 26.0. The lowest BCUT2D eigenvalue weighted by Crippen LogP contribution is -2.28. The molecule has 1 atom stereocenters. The van der Waals surface area contributed by atoms with E-state index in [1.54, 1.807) is 30.1 Å². The van der Waals surface area contributed by atoms with E-state index in [4.69, 9.17) is 19.4 Å². The largest absolute Gasteiger partial charge is 0.486 e. The lowest BCUT2D eigenvalue weighted by Gasteiger charge is -2.22. The quantitative estimate of drug-likeness (QED) is 0.827. The molecule has 8 nitrogen and oxygen atoms in total. The van der Waals surface area contributed by atoms with Crippen molar-refractivity contribution in [1.82, 2.24) is 20.2 Å². The van der Waals surface area contributed by atoms with Crippen LogP contribution in [0.4, 0.5) is 5.82 Å². The highest BCUT2D eigenvalue weighted by molar-refractivity contribution is 5.94. The van der Waals surface area contributed by atoms with Crippen LogP contribution in [0.2, 0.25) is 0 Å². The Morgan fingerprint density at radius 3 is 2.66 bits per heavy atom. The standard InChI is InChI=1S/C21H27N5O3/c1-25(2)19-12-15(23-20(24-19)16-5-4-8-22-16)13-26(3)21(27)14-6-7-17-18(11-14)29-10-9-28-17/h6-7,11-12,16,22H,4-5,8-10,13H2,1-3H3/t16-/m0/s1. The molecule has 1 fully saturated rings. The number of rotatable bonds is 5. The number of anilines is 1. The zero-order chi connectivity index (χ0) is 20.4. The van der Waals surface area contributed by atoms with E-state index in [9.17, 15) is 4.79 Å². The highest BCUT2D eigenvalue weighted by Crippen LogP contribution is 2.31. The zero-order valence-corrected chi connectivity index (χ0v) is 17.1. The predicted molar refractivity (Wildman–Crippen MR) is 110 cm³/mol. The summed E-state index contributed by atoms with van der Waals surface area (Å²) < 4.78 is 11.1. The summed E-state index contributed by atoms with van der Waals surface area (Å²) in [6.07, 6.45) is 2.15. The summed E-state index contributed by atoms with van der Waals surface area (Å²) in [5, 5.41) is 3.45. The summed E-state index contributed by atoms with van der Waals surface area (Å²) in [5.41, 5.74) is 1.39. The van der Waals surface area contributed by atoms with E-state index in [0.717, 1.165) is 36.7 Å². The molecule has 2 aromatic rings.